The van der Waals surface area contributed by atoms with Gasteiger partial charge in [0.25, 0.3) is 0 Å². The maximum atomic E-state index is 8.98. The Kier molecular flexibility index (Phi) is 3.24. The Hall–Kier alpha value is -1.05. The van der Waals surface area contributed by atoms with Crippen LogP contribution in [0.25, 0.3) is 0 Å². The number of morpholine rings is 1. The summed E-state index contributed by atoms with van der Waals surface area (Å²) < 4.78 is 5.35. The molecule has 1 aromatic rings. The Morgan fingerprint density at radius 2 is 2.47 bits per heavy atom. The van der Waals surface area contributed by atoms with Crippen molar-refractivity contribution in [2.45, 2.75) is 12.6 Å². The van der Waals surface area contributed by atoms with Gasteiger partial charge >= 0.3 is 0 Å². The molecule has 1 atom stereocenters. The molecule has 1 aliphatic heterocycles. The zero-order valence-electron chi connectivity index (χ0n) is 8.70. The number of nitrogens with zero attached hydrogens (tertiary/aromatic N) is 5. The average Bonchev–Trinajstić information content (AvgIpc) is 2.64. The fraction of sp³-hybridized carbons (Fsp3) is 0.875. The number of aryl methyl sites for hydroxylation is 1. The molecule has 7 nitrogen and oxygen atoms in total. The van der Waals surface area contributed by atoms with Gasteiger partial charge in [-0.1, -0.05) is 0 Å². The minimum Gasteiger partial charge on any atom is -0.394 e. The van der Waals surface area contributed by atoms with Gasteiger partial charge in [-0.05, 0) is 5.21 Å². The fourth-order valence-electron chi connectivity index (χ4n) is 1.62. The zero-order chi connectivity index (χ0) is 10.7. The largest absolute Gasteiger partial charge is 0.394 e. The molecule has 84 valence electrons. The van der Waals surface area contributed by atoms with E-state index in [-0.39, 0.29) is 12.7 Å². The first-order chi connectivity index (χ1) is 7.28. The van der Waals surface area contributed by atoms with Crippen molar-refractivity contribution < 1.29 is 9.84 Å². The SMILES string of the molecule is Cn1nnc(CN2CCOC(CO)C2)n1. The van der Waals surface area contributed by atoms with E-state index in [9.17, 15) is 0 Å². The van der Waals surface area contributed by atoms with Gasteiger partial charge in [-0.25, -0.2) is 0 Å². The van der Waals surface area contributed by atoms with E-state index in [4.69, 9.17) is 9.84 Å². The van der Waals surface area contributed by atoms with Crippen LogP contribution in [0.3, 0.4) is 0 Å². The van der Waals surface area contributed by atoms with Crippen molar-refractivity contribution in [2.24, 2.45) is 7.05 Å². The molecule has 1 aromatic heterocycles. The van der Waals surface area contributed by atoms with E-state index in [1.165, 1.54) is 4.80 Å². The molecule has 0 radical (unpaired) electrons. The summed E-state index contributed by atoms with van der Waals surface area (Å²) in [5.74, 6) is 0.705. The molecule has 1 unspecified atom stereocenters. The molecule has 0 saturated carbocycles. The maximum absolute atomic E-state index is 8.98. The third kappa shape index (κ3) is 2.71. The lowest BCUT2D eigenvalue weighted by Crippen LogP contribution is -2.43. The Bertz CT molecular complexity index is 316. The molecule has 2 rings (SSSR count). The van der Waals surface area contributed by atoms with E-state index in [1.54, 1.807) is 7.05 Å². The molecule has 0 aliphatic carbocycles. The van der Waals surface area contributed by atoms with E-state index in [0.29, 0.717) is 19.0 Å². The van der Waals surface area contributed by atoms with Crippen LogP contribution in [0.15, 0.2) is 0 Å². The first-order valence-corrected chi connectivity index (χ1v) is 4.95. The van der Waals surface area contributed by atoms with Crippen LogP contribution in [0.4, 0.5) is 0 Å². The van der Waals surface area contributed by atoms with Gasteiger partial charge in [0.2, 0.25) is 0 Å². The van der Waals surface area contributed by atoms with Crippen molar-refractivity contribution in [3.8, 4) is 0 Å². The number of rotatable bonds is 3. The topological polar surface area (TPSA) is 76.3 Å². The minimum absolute atomic E-state index is 0.0599. The quantitative estimate of drug-likeness (QED) is 0.652. The van der Waals surface area contributed by atoms with Crippen LogP contribution in [0.1, 0.15) is 5.82 Å². The molecule has 1 N–H and O–H groups in total. The molecule has 15 heavy (non-hydrogen) atoms. The van der Waals surface area contributed by atoms with Gasteiger partial charge in [-0.3, -0.25) is 4.90 Å². The number of aromatic nitrogens is 4. The normalized spacial score (nSPS) is 23.2. The maximum Gasteiger partial charge on any atom is 0.188 e. The van der Waals surface area contributed by atoms with E-state index in [0.717, 1.165) is 13.1 Å². The minimum atomic E-state index is -0.0876. The number of hydrogen-bond donors (Lipinski definition) is 1. The van der Waals surface area contributed by atoms with Crippen LogP contribution in [-0.4, -0.2) is 62.6 Å². The zero-order valence-corrected chi connectivity index (χ0v) is 8.70. The predicted molar refractivity (Wildman–Crippen MR) is 50.9 cm³/mol. The highest BCUT2D eigenvalue weighted by Crippen LogP contribution is 2.06. The Morgan fingerprint density at radius 3 is 3.13 bits per heavy atom. The predicted octanol–water partition coefficient (Wildman–Crippen LogP) is -1.60. The second kappa shape index (κ2) is 4.65. The molecule has 7 heteroatoms. The summed E-state index contributed by atoms with van der Waals surface area (Å²) in [5.41, 5.74) is 0. The molecule has 0 spiro atoms. The summed E-state index contributed by atoms with van der Waals surface area (Å²) in [6.45, 7) is 2.92. The number of tetrazole rings is 1. The highest BCUT2D eigenvalue weighted by atomic mass is 16.5. The number of aliphatic hydroxyl groups is 1. The second-order valence-corrected chi connectivity index (χ2v) is 3.61. The molecular formula is C8H15N5O2. The summed E-state index contributed by atoms with van der Waals surface area (Å²) in [7, 11) is 1.74. The average molecular weight is 213 g/mol. The van der Waals surface area contributed by atoms with E-state index in [1.807, 2.05) is 0 Å². The van der Waals surface area contributed by atoms with Crippen LogP contribution in [0.5, 0.6) is 0 Å². The standard InChI is InChI=1S/C8H15N5O2/c1-12-10-8(9-11-12)5-13-2-3-15-7(4-13)6-14/h7,14H,2-6H2,1H3. The summed E-state index contributed by atoms with van der Waals surface area (Å²) in [6, 6.07) is 0. The van der Waals surface area contributed by atoms with Gasteiger partial charge in [0.1, 0.15) is 0 Å². The summed E-state index contributed by atoms with van der Waals surface area (Å²) in [5, 5.41) is 20.8. The van der Waals surface area contributed by atoms with E-state index in [2.05, 4.69) is 20.3 Å². The number of aliphatic hydroxyl groups excluding tert-OH is 1. The van der Waals surface area contributed by atoms with Crippen LogP contribution < -0.4 is 0 Å². The van der Waals surface area contributed by atoms with Crippen LogP contribution >= 0.6 is 0 Å². The Morgan fingerprint density at radius 1 is 1.60 bits per heavy atom. The first kappa shape index (κ1) is 10.5. The van der Waals surface area contributed by atoms with Crippen molar-refractivity contribution in [3.05, 3.63) is 5.82 Å². The van der Waals surface area contributed by atoms with Crippen LogP contribution in [0, 0.1) is 0 Å². The molecular weight excluding hydrogens is 198 g/mol. The second-order valence-electron chi connectivity index (χ2n) is 3.61. The highest BCUT2D eigenvalue weighted by molar-refractivity contribution is 4.80. The Balaban J connectivity index is 1.88. The molecule has 1 fully saturated rings. The highest BCUT2D eigenvalue weighted by Gasteiger charge is 2.20. The van der Waals surface area contributed by atoms with E-state index >= 15 is 0 Å². The van der Waals surface area contributed by atoms with Crippen molar-refractivity contribution in [1.82, 2.24) is 25.1 Å². The monoisotopic (exact) mass is 213 g/mol. The number of ether oxygens (including phenoxy) is 1. The molecule has 0 amide bonds. The van der Waals surface area contributed by atoms with Gasteiger partial charge in [-0.15, -0.1) is 10.2 Å². The third-order valence-corrected chi connectivity index (χ3v) is 2.34. The van der Waals surface area contributed by atoms with Gasteiger partial charge in [0.15, 0.2) is 5.82 Å². The van der Waals surface area contributed by atoms with Crippen molar-refractivity contribution in [2.75, 3.05) is 26.3 Å². The fourth-order valence-corrected chi connectivity index (χ4v) is 1.62. The van der Waals surface area contributed by atoms with Crippen LogP contribution in [-0.2, 0) is 18.3 Å². The summed E-state index contributed by atoms with van der Waals surface area (Å²) >= 11 is 0. The number of hydrogen-bond acceptors (Lipinski definition) is 6. The third-order valence-electron chi connectivity index (χ3n) is 2.34. The molecule has 1 saturated heterocycles. The molecule has 0 aromatic carbocycles. The van der Waals surface area contributed by atoms with Gasteiger partial charge in [-0.2, -0.15) is 4.80 Å². The first-order valence-electron chi connectivity index (χ1n) is 4.95. The van der Waals surface area contributed by atoms with Crippen molar-refractivity contribution >= 4 is 0 Å². The molecule has 0 bridgehead atoms. The van der Waals surface area contributed by atoms with Crippen LogP contribution in [0.2, 0.25) is 0 Å². The molecule has 1 aliphatic rings. The summed E-state index contributed by atoms with van der Waals surface area (Å²) in [4.78, 5) is 3.60. The lowest BCUT2D eigenvalue weighted by Gasteiger charge is -2.30. The molecule has 2 heterocycles. The lowest BCUT2D eigenvalue weighted by molar-refractivity contribution is -0.0557. The van der Waals surface area contributed by atoms with Gasteiger partial charge in [0, 0.05) is 13.1 Å². The smallest absolute Gasteiger partial charge is 0.188 e. The van der Waals surface area contributed by atoms with Crippen molar-refractivity contribution in [3.63, 3.8) is 0 Å². The van der Waals surface area contributed by atoms with Gasteiger partial charge < -0.3 is 9.84 Å². The van der Waals surface area contributed by atoms with Crippen molar-refractivity contribution in [1.29, 1.82) is 0 Å². The summed E-state index contributed by atoms with van der Waals surface area (Å²) in [6.07, 6.45) is -0.0876. The Labute approximate surface area is 87.6 Å². The van der Waals surface area contributed by atoms with Gasteiger partial charge in [0.05, 0.1) is 32.9 Å². The van der Waals surface area contributed by atoms with E-state index < -0.39 is 0 Å². The lowest BCUT2D eigenvalue weighted by atomic mass is 10.3.